The number of carboxylic acids is 1. The minimum atomic E-state index is -1.03. The number of rotatable bonds is 5. The van der Waals surface area contributed by atoms with Crippen LogP contribution in [0.4, 0.5) is 10.1 Å². The number of hydrogen-bond donors (Lipinski definition) is 2. The van der Waals surface area contributed by atoms with Crippen molar-refractivity contribution in [3.05, 3.63) is 30.1 Å². The maximum absolute atomic E-state index is 12.9. The van der Waals surface area contributed by atoms with Crippen molar-refractivity contribution >= 4 is 11.7 Å². The number of ether oxygens (including phenoxy) is 1. The Kier molecular flexibility index (Phi) is 4.60. The second kappa shape index (κ2) is 6.22. The molecule has 0 saturated carbocycles. The summed E-state index contributed by atoms with van der Waals surface area (Å²) in [4.78, 5) is 11.7. The van der Waals surface area contributed by atoms with Gasteiger partial charge in [-0.15, -0.1) is 0 Å². The Morgan fingerprint density at radius 3 is 2.80 bits per heavy atom. The molecule has 0 aromatic heterocycles. The van der Waals surface area contributed by atoms with Crippen LogP contribution >= 0.6 is 0 Å². The van der Waals surface area contributed by atoms with E-state index in [-0.39, 0.29) is 11.9 Å². The summed E-state index contributed by atoms with van der Waals surface area (Å²) in [5.41, 5.74) is -0.415. The summed E-state index contributed by atoms with van der Waals surface area (Å²) in [5, 5.41) is 12.7. The van der Waals surface area contributed by atoms with Gasteiger partial charge in [-0.3, -0.25) is 0 Å². The summed E-state index contributed by atoms with van der Waals surface area (Å²) in [7, 11) is 0. The topological polar surface area (TPSA) is 58.6 Å². The number of halogens is 1. The Hall–Kier alpha value is -1.62. The molecule has 1 aliphatic heterocycles. The molecule has 2 atom stereocenters. The molecule has 2 unspecified atom stereocenters. The molecule has 2 rings (SSSR count). The Morgan fingerprint density at radius 1 is 1.50 bits per heavy atom. The van der Waals surface area contributed by atoms with E-state index in [9.17, 15) is 14.3 Å². The van der Waals surface area contributed by atoms with Crippen LogP contribution in [-0.2, 0) is 9.53 Å². The van der Waals surface area contributed by atoms with Crippen LogP contribution in [0.5, 0.6) is 0 Å². The van der Waals surface area contributed by atoms with Gasteiger partial charge >= 0.3 is 5.97 Å². The normalized spacial score (nSPS) is 26.2. The highest BCUT2D eigenvalue weighted by atomic mass is 19.1. The Bertz CT molecular complexity index is 461. The third-order valence-corrected chi connectivity index (χ3v) is 3.71. The summed E-state index contributed by atoms with van der Waals surface area (Å²) in [6.45, 7) is 2.47. The van der Waals surface area contributed by atoms with Crippen molar-refractivity contribution in [2.24, 2.45) is 0 Å². The van der Waals surface area contributed by atoms with Crippen molar-refractivity contribution in [1.29, 1.82) is 0 Å². The van der Waals surface area contributed by atoms with Crippen molar-refractivity contribution < 1.29 is 19.0 Å². The number of nitrogens with one attached hydrogen (secondary N) is 1. The maximum Gasteiger partial charge on any atom is 0.329 e. The zero-order chi connectivity index (χ0) is 14.6. The molecule has 4 nitrogen and oxygen atoms in total. The number of anilines is 1. The molecule has 1 fully saturated rings. The quantitative estimate of drug-likeness (QED) is 0.871. The Morgan fingerprint density at radius 2 is 2.20 bits per heavy atom. The molecule has 0 aliphatic carbocycles. The monoisotopic (exact) mass is 281 g/mol. The third kappa shape index (κ3) is 3.28. The predicted molar refractivity (Wildman–Crippen MR) is 74.3 cm³/mol. The van der Waals surface area contributed by atoms with Gasteiger partial charge in [-0.1, -0.05) is 13.3 Å². The molecular formula is C15H20FNO3. The van der Waals surface area contributed by atoms with Crippen LogP contribution in [0.15, 0.2) is 24.3 Å². The third-order valence-electron chi connectivity index (χ3n) is 3.71. The van der Waals surface area contributed by atoms with Crippen LogP contribution in [0, 0.1) is 5.82 Å². The fraction of sp³-hybridized carbons (Fsp3) is 0.533. The molecule has 110 valence electrons. The lowest BCUT2D eigenvalue weighted by atomic mass is 9.85. The smallest absolute Gasteiger partial charge is 0.329 e. The van der Waals surface area contributed by atoms with Crippen molar-refractivity contribution in [3.8, 4) is 0 Å². The number of hydrogen-bond acceptors (Lipinski definition) is 3. The highest BCUT2D eigenvalue weighted by Crippen LogP contribution is 2.31. The lowest BCUT2D eigenvalue weighted by Crippen LogP contribution is -2.53. The van der Waals surface area contributed by atoms with Gasteiger partial charge in [0.15, 0.2) is 0 Å². The van der Waals surface area contributed by atoms with Gasteiger partial charge in [0.1, 0.15) is 11.4 Å². The lowest BCUT2D eigenvalue weighted by Gasteiger charge is -2.39. The summed E-state index contributed by atoms with van der Waals surface area (Å²) in [6, 6.07) is 5.76. The molecule has 1 aromatic rings. The minimum Gasteiger partial charge on any atom is -0.480 e. The van der Waals surface area contributed by atoms with E-state index in [0.717, 1.165) is 12.8 Å². The van der Waals surface area contributed by atoms with Crippen molar-refractivity contribution in [2.75, 3.05) is 11.9 Å². The molecule has 2 N–H and O–H groups in total. The Labute approximate surface area is 117 Å². The molecule has 1 aliphatic rings. The summed E-state index contributed by atoms with van der Waals surface area (Å²) in [5.74, 6) is -1.22. The van der Waals surface area contributed by atoms with Gasteiger partial charge in [0.2, 0.25) is 0 Å². The fourth-order valence-electron chi connectivity index (χ4n) is 2.63. The van der Waals surface area contributed by atoms with Crippen LogP contribution in [0.25, 0.3) is 0 Å². The van der Waals surface area contributed by atoms with Crippen LogP contribution < -0.4 is 5.32 Å². The molecule has 5 heteroatoms. The minimum absolute atomic E-state index is 0.0437. The van der Waals surface area contributed by atoms with E-state index < -0.39 is 11.5 Å². The van der Waals surface area contributed by atoms with E-state index in [1.807, 2.05) is 6.92 Å². The van der Waals surface area contributed by atoms with Crippen molar-refractivity contribution in [3.63, 3.8) is 0 Å². The largest absolute Gasteiger partial charge is 0.480 e. The highest BCUT2D eigenvalue weighted by Gasteiger charge is 2.43. The van der Waals surface area contributed by atoms with Gasteiger partial charge in [-0.05, 0) is 30.7 Å². The van der Waals surface area contributed by atoms with Crippen LogP contribution in [0.3, 0.4) is 0 Å². The zero-order valence-electron chi connectivity index (χ0n) is 11.6. The van der Waals surface area contributed by atoms with E-state index in [1.165, 1.54) is 12.1 Å². The SMILES string of the molecule is CCCC1CC(Nc2ccc(F)cc2)(C(=O)O)CCO1. The standard InChI is InChI=1S/C15H20FNO3/c1-2-3-13-10-15(14(18)19,8-9-20-13)17-12-6-4-11(16)5-7-12/h4-7,13,17H,2-3,8-10H2,1H3,(H,18,19). The first-order valence-corrected chi connectivity index (χ1v) is 6.94. The van der Waals surface area contributed by atoms with Gasteiger partial charge in [0, 0.05) is 25.1 Å². The average Bonchev–Trinajstić information content (AvgIpc) is 2.42. The molecule has 1 saturated heterocycles. The molecule has 0 spiro atoms. The number of carbonyl (C=O) groups is 1. The van der Waals surface area contributed by atoms with Crippen molar-refractivity contribution in [1.82, 2.24) is 0 Å². The van der Waals surface area contributed by atoms with E-state index in [2.05, 4.69) is 5.32 Å². The van der Waals surface area contributed by atoms with E-state index in [4.69, 9.17) is 4.74 Å². The van der Waals surface area contributed by atoms with E-state index >= 15 is 0 Å². The van der Waals surface area contributed by atoms with Gasteiger partial charge < -0.3 is 15.2 Å². The number of benzene rings is 1. The second-order valence-corrected chi connectivity index (χ2v) is 5.25. The second-order valence-electron chi connectivity index (χ2n) is 5.25. The summed E-state index contributed by atoms with van der Waals surface area (Å²) < 4.78 is 18.5. The zero-order valence-corrected chi connectivity index (χ0v) is 11.6. The molecule has 1 heterocycles. The first-order valence-electron chi connectivity index (χ1n) is 6.94. The maximum atomic E-state index is 12.9. The first-order chi connectivity index (χ1) is 9.55. The number of carboxylic acid groups (broad SMARTS) is 1. The molecule has 20 heavy (non-hydrogen) atoms. The van der Waals surface area contributed by atoms with Gasteiger partial charge in [-0.2, -0.15) is 0 Å². The van der Waals surface area contributed by atoms with Gasteiger partial charge in [0.25, 0.3) is 0 Å². The van der Waals surface area contributed by atoms with E-state index in [1.54, 1.807) is 12.1 Å². The van der Waals surface area contributed by atoms with E-state index in [0.29, 0.717) is 25.1 Å². The first kappa shape index (κ1) is 14.8. The summed E-state index contributed by atoms with van der Waals surface area (Å²) in [6.07, 6.45) is 2.59. The van der Waals surface area contributed by atoms with Gasteiger partial charge in [-0.25, -0.2) is 9.18 Å². The van der Waals surface area contributed by atoms with Crippen LogP contribution in [0.1, 0.15) is 32.6 Å². The average molecular weight is 281 g/mol. The van der Waals surface area contributed by atoms with Crippen molar-refractivity contribution in [2.45, 2.75) is 44.2 Å². The lowest BCUT2D eigenvalue weighted by molar-refractivity contribution is -0.148. The van der Waals surface area contributed by atoms with Gasteiger partial charge in [0.05, 0.1) is 6.10 Å². The van der Waals surface area contributed by atoms with Crippen LogP contribution in [-0.4, -0.2) is 29.3 Å². The Balaban J connectivity index is 2.16. The highest BCUT2D eigenvalue weighted by molar-refractivity contribution is 5.83. The predicted octanol–water partition coefficient (Wildman–Crippen LogP) is 3.04. The number of aliphatic carboxylic acids is 1. The molecule has 0 radical (unpaired) electrons. The van der Waals surface area contributed by atoms with Crippen LogP contribution in [0.2, 0.25) is 0 Å². The molecular weight excluding hydrogens is 261 g/mol. The molecule has 1 aromatic carbocycles. The fourth-order valence-corrected chi connectivity index (χ4v) is 2.63. The molecule has 0 amide bonds. The molecule has 0 bridgehead atoms. The summed E-state index contributed by atoms with van der Waals surface area (Å²) >= 11 is 0.